The van der Waals surface area contributed by atoms with E-state index < -0.39 is 0 Å². The fraction of sp³-hybridized carbons (Fsp3) is 0.450. The molecular formula is C20H26N4O2. The van der Waals surface area contributed by atoms with Gasteiger partial charge in [-0.2, -0.15) is 5.10 Å². The van der Waals surface area contributed by atoms with Crippen LogP contribution in [0.3, 0.4) is 0 Å². The van der Waals surface area contributed by atoms with Crippen molar-refractivity contribution in [2.75, 3.05) is 13.1 Å². The summed E-state index contributed by atoms with van der Waals surface area (Å²) < 4.78 is 1.91. The van der Waals surface area contributed by atoms with E-state index in [-0.39, 0.29) is 17.9 Å². The molecule has 0 radical (unpaired) electrons. The molecule has 1 aliphatic heterocycles. The molecule has 1 N–H and O–H groups in total. The molecule has 2 amide bonds. The van der Waals surface area contributed by atoms with Crippen molar-refractivity contribution in [3.05, 3.63) is 53.3 Å². The number of hydrogen-bond donors (Lipinski definition) is 1. The van der Waals surface area contributed by atoms with Gasteiger partial charge in [0.25, 0.3) is 5.91 Å². The van der Waals surface area contributed by atoms with E-state index in [9.17, 15) is 9.59 Å². The molecule has 1 aromatic heterocycles. The Balaban J connectivity index is 1.76. The molecule has 2 heterocycles. The molecule has 0 aliphatic carbocycles. The van der Waals surface area contributed by atoms with Crippen LogP contribution in [0.15, 0.2) is 36.5 Å². The highest BCUT2D eigenvalue weighted by Gasteiger charge is 2.27. The van der Waals surface area contributed by atoms with Crippen molar-refractivity contribution in [2.24, 2.45) is 0 Å². The predicted octanol–water partition coefficient (Wildman–Crippen LogP) is 2.23. The van der Waals surface area contributed by atoms with E-state index >= 15 is 0 Å². The number of likely N-dealkylation sites (tertiary alicyclic amines) is 1. The van der Waals surface area contributed by atoms with Gasteiger partial charge < -0.3 is 10.2 Å². The second-order valence-corrected chi connectivity index (χ2v) is 6.79. The summed E-state index contributed by atoms with van der Waals surface area (Å²) in [4.78, 5) is 26.2. The van der Waals surface area contributed by atoms with Gasteiger partial charge in [0.05, 0.1) is 24.0 Å². The molecule has 1 aliphatic rings. The van der Waals surface area contributed by atoms with E-state index in [0.29, 0.717) is 18.7 Å². The zero-order chi connectivity index (χ0) is 18.5. The van der Waals surface area contributed by atoms with Crippen molar-refractivity contribution in [3.63, 3.8) is 0 Å². The van der Waals surface area contributed by atoms with Crippen molar-refractivity contribution in [2.45, 2.75) is 45.7 Å². The minimum absolute atomic E-state index is 0.0104. The third-order valence-electron chi connectivity index (χ3n) is 4.81. The number of aromatic nitrogens is 2. The summed E-state index contributed by atoms with van der Waals surface area (Å²) in [5.41, 5.74) is 2.79. The summed E-state index contributed by atoms with van der Waals surface area (Å²) >= 11 is 0. The first-order valence-electron chi connectivity index (χ1n) is 9.23. The van der Waals surface area contributed by atoms with Crippen molar-refractivity contribution >= 4 is 11.8 Å². The highest BCUT2D eigenvalue weighted by Crippen LogP contribution is 2.18. The third kappa shape index (κ3) is 4.12. The van der Waals surface area contributed by atoms with Crippen LogP contribution in [0.2, 0.25) is 0 Å². The van der Waals surface area contributed by atoms with Crippen molar-refractivity contribution < 1.29 is 9.59 Å². The first-order valence-corrected chi connectivity index (χ1v) is 9.23. The minimum Gasteiger partial charge on any atom is -0.352 e. The van der Waals surface area contributed by atoms with Gasteiger partial charge in [0.15, 0.2) is 0 Å². The summed E-state index contributed by atoms with van der Waals surface area (Å²) in [6, 6.07) is 10.2. The zero-order valence-electron chi connectivity index (χ0n) is 15.4. The van der Waals surface area contributed by atoms with E-state index in [4.69, 9.17) is 0 Å². The number of benzene rings is 1. The summed E-state index contributed by atoms with van der Waals surface area (Å²) in [5, 5.41) is 7.40. The molecule has 3 rings (SSSR count). The molecule has 6 heteroatoms. The Hall–Kier alpha value is -2.63. The number of carbonyl (C=O) groups is 2. The average Bonchev–Trinajstić information content (AvgIpc) is 3.04. The lowest BCUT2D eigenvalue weighted by atomic mass is 10.0. The minimum atomic E-state index is -0.0470. The number of amides is 2. The fourth-order valence-electron chi connectivity index (χ4n) is 3.59. The number of piperidine rings is 1. The van der Waals surface area contributed by atoms with Crippen LogP contribution in [0, 0.1) is 0 Å². The lowest BCUT2D eigenvalue weighted by Crippen LogP contribution is -2.49. The van der Waals surface area contributed by atoms with Gasteiger partial charge in [-0.3, -0.25) is 14.3 Å². The smallest absolute Gasteiger partial charge is 0.257 e. The molecule has 6 nitrogen and oxygen atoms in total. The largest absolute Gasteiger partial charge is 0.352 e. The predicted molar refractivity (Wildman–Crippen MR) is 99.9 cm³/mol. The monoisotopic (exact) mass is 354 g/mol. The molecular weight excluding hydrogens is 328 g/mol. The topological polar surface area (TPSA) is 67.2 Å². The molecule has 1 atom stereocenters. The highest BCUT2D eigenvalue weighted by atomic mass is 16.2. The lowest BCUT2D eigenvalue weighted by molar-refractivity contribution is -0.120. The molecule has 1 aromatic carbocycles. The maximum Gasteiger partial charge on any atom is 0.257 e. The molecule has 1 unspecified atom stereocenters. The first kappa shape index (κ1) is 18.2. The Morgan fingerprint density at radius 3 is 2.73 bits per heavy atom. The first-order chi connectivity index (χ1) is 12.6. The third-order valence-corrected chi connectivity index (χ3v) is 4.81. The average molecular weight is 354 g/mol. The van der Waals surface area contributed by atoms with Crippen molar-refractivity contribution in [3.8, 4) is 0 Å². The molecule has 1 saturated heterocycles. The SMILES string of the molecule is CCc1c(C(=O)N2CCCC(NC(C)=O)C2)cnn1Cc1ccccc1. The van der Waals surface area contributed by atoms with Gasteiger partial charge in [-0.1, -0.05) is 37.3 Å². The number of carbonyl (C=O) groups excluding carboxylic acids is 2. The second kappa shape index (κ2) is 8.17. The van der Waals surface area contributed by atoms with Gasteiger partial charge in [-0.05, 0) is 24.8 Å². The van der Waals surface area contributed by atoms with Crippen LogP contribution in [0.25, 0.3) is 0 Å². The molecule has 26 heavy (non-hydrogen) atoms. The Bertz CT molecular complexity index is 769. The summed E-state index contributed by atoms with van der Waals surface area (Å²) in [6.07, 6.45) is 4.25. The van der Waals surface area contributed by atoms with Crippen molar-refractivity contribution in [1.29, 1.82) is 0 Å². The van der Waals surface area contributed by atoms with Crippen LogP contribution in [0.5, 0.6) is 0 Å². The van der Waals surface area contributed by atoms with Gasteiger partial charge >= 0.3 is 0 Å². The van der Waals surface area contributed by atoms with Crippen LogP contribution >= 0.6 is 0 Å². The van der Waals surface area contributed by atoms with E-state index in [0.717, 1.165) is 37.1 Å². The summed E-state index contributed by atoms with van der Waals surface area (Å²) in [5.74, 6) is -0.0366. The molecule has 0 bridgehead atoms. The summed E-state index contributed by atoms with van der Waals surface area (Å²) in [7, 11) is 0. The van der Waals surface area contributed by atoms with E-state index in [1.807, 2.05) is 34.7 Å². The molecule has 2 aromatic rings. The van der Waals surface area contributed by atoms with Crippen LogP contribution in [0.4, 0.5) is 0 Å². The Morgan fingerprint density at radius 1 is 1.27 bits per heavy atom. The molecule has 0 spiro atoms. The van der Waals surface area contributed by atoms with Crippen LogP contribution in [0.1, 0.15) is 48.3 Å². The van der Waals surface area contributed by atoms with Crippen LogP contribution < -0.4 is 5.32 Å². The van der Waals surface area contributed by atoms with Gasteiger partial charge in [0.1, 0.15) is 0 Å². The van der Waals surface area contributed by atoms with E-state index in [1.165, 1.54) is 6.92 Å². The van der Waals surface area contributed by atoms with E-state index in [2.05, 4.69) is 22.5 Å². The maximum atomic E-state index is 13.0. The highest BCUT2D eigenvalue weighted by molar-refractivity contribution is 5.95. The number of nitrogens with one attached hydrogen (secondary N) is 1. The van der Waals surface area contributed by atoms with Gasteiger partial charge in [-0.15, -0.1) is 0 Å². The Morgan fingerprint density at radius 2 is 2.04 bits per heavy atom. The van der Waals surface area contributed by atoms with Crippen LogP contribution in [-0.2, 0) is 17.8 Å². The van der Waals surface area contributed by atoms with Gasteiger partial charge in [0, 0.05) is 26.1 Å². The Labute approximate surface area is 154 Å². The van der Waals surface area contributed by atoms with E-state index in [1.54, 1.807) is 6.20 Å². The quantitative estimate of drug-likeness (QED) is 0.895. The lowest BCUT2D eigenvalue weighted by Gasteiger charge is -2.33. The molecule has 138 valence electrons. The molecule has 1 fully saturated rings. The van der Waals surface area contributed by atoms with Gasteiger partial charge in [-0.25, -0.2) is 0 Å². The fourth-order valence-corrected chi connectivity index (χ4v) is 3.59. The zero-order valence-corrected chi connectivity index (χ0v) is 15.4. The van der Waals surface area contributed by atoms with Gasteiger partial charge in [0.2, 0.25) is 5.91 Å². The standard InChI is InChI=1S/C20H26N4O2/c1-3-19-18(12-21-24(19)13-16-8-5-4-6-9-16)20(26)23-11-7-10-17(14-23)22-15(2)25/h4-6,8-9,12,17H,3,7,10-11,13-14H2,1-2H3,(H,22,25). The van der Waals surface area contributed by atoms with Crippen molar-refractivity contribution in [1.82, 2.24) is 20.0 Å². The number of rotatable bonds is 5. The maximum absolute atomic E-state index is 13.0. The second-order valence-electron chi connectivity index (χ2n) is 6.79. The summed E-state index contributed by atoms with van der Waals surface area (Å²) in [6.45, 7) is 5.51. The van der Waals surface area contributed by atoms with Crippen LogP contribution in [-0.4, -0.2) is 45.6 Å². The Kier molecular flexibility index (Phi) is 5.71. The number of nitrogens with zero attached hydrogens (tertiary/aromatic N) is 3. The molecule has 0 saturated carbocycles. The normalized spacial score (nSPS) is 17.2. The number of hydrogen-bond acceptors (Lipinski definition) is 3.